The second-order valence-corrected chi connectivity index (χ2v) is 6.56. The minimum Gasteiger partial charge on any atom is -0.203 e. The summed E-state index contributed by atoms with van der Waals surface area (Å²) in [5.74, 6) is -1.64. The molecule has 4 rings (SSSR count). The zero-order valence-electron chi connectivity index (χ0n) is 13.5. The van der Waals surface area contributed by atoms with Crippen LogP contribution in [0.5, 0.6) is 0 Å². The smallest absolute Gasteiger partial charge is 0.164 e. The van der Waals surface area contributed by atoms with E-state index in [1.54, 1.807) is 0 Å². The molecule has 0 N–H and O–H groups in total. The van der Waals surface area contributed by atoms with Crippen LogP contribution in [0, 0.1) is 39.3 Å². The maximum Gasteiger partial charge on any atom is 0.164 e. The van der Waals surface area contributed by atoms with Crippen molar-refractivity contribution in [2.45, 2.75) is 27.7 Å². The first kappa shape index (κ1) is 16.8. The van der Waals surface area contributed by atoms with Crippen LogP contribution in [0.2, 0.25) is 0 Å². The van der Waals surface area contributed by atoms with Gasteiger partial charge in [-0.3, -0.25) is 0 Å². The van der Waals surface area contributed by atoms with Gasteiger partial charge >= 0.3 is 0 Å². The highest BCUT2D eigenvalue weighted by molar-refractivity contribution is 7.00. The Bertz CT molecular complexity index is 962. The van der Waals surface area contributed by atoms with Gasteiger partial charge in [-0.05, 0) is 38.8 Å². The number of aryl methyl sites for hydroxylation is 4. The lowest BCUT2D eigenvalue weighted by atomic mass is 10.1. The number of hydrogen-bond acceptors (Lipinski definition) is 6. The van der Waals surface area contributed by atoms with Gasteiger partial charge in [0.1, 0.15) is 22.1 Å². The minimum atomic E-state index is -0.822. The molecule has 124 valence electrons. The molecule has 0 saturated carbocycles. The summed E-state index contributed by atoms with van der Waals surface area (Å²) < 4.78 is 42.6. The Kier molecular flexibility index (Phi) is 4.51. The van der Waals surface area contributed by atoms with Crippen LogP contribution in [0.3, 0.4) is 0 Å². The summed E-state index contributed by atoms with van der Waals surface area (Å²) in [5, 5.41) is 0. The summed E-state index contributed by atoms with van der Waals surface area (Å²) in [6.45, 7) is 7.12. The summed E-state index contributed by atoms with van der Waals surface area (Å²) in [6.07, 6.45) is 0. The largest absolute Gasteiger partial charge is 0.203 e. The number of rotatable bonds is 0. The van der Waals surface area contributed by atoms with E-state index in [0.29, 0.717) is 11.0 Å². The van der Waals surface area contributed by atoms with Gasteiger partial charge in [0.2, 0.25) is 0 Å². The predicted octanol–water partition coefficient (Wildman–Crippen LogP) is 4.89. The molecule has 8 heteroatoms. The van der Waals surface area contributed by atoms with Gasteiger partial charge in [0.15, 0.2) is 11.6 Å². The van der Waals surface area contributed by atoms with Gasteiger partial charge in [-0.2, -0.15) is 17.5 Å². The molecule has 2 heterocycles. The fourth-order valence-corrected chi connectivity index (χ4v) is 3.65. The average molecular weight is 364 g/mol. The quantitative estimate of drug-likeness (QED) is 0.445. The molecule has 2 aromatic carbocycles. The van der Waals surface area contributed by atoms with Crippen LogP contribution in [0.4, 0.5) is 8.78 Å². The van der Waals surface area contributed by atoms with E-state index in [0.717, 1.165) is 22.8 Å². The first-order valence-electron chi connectivity index (χ1n) is 7.16. The SMILES string of the molecule is Cc1c(F)c(F)c(C)c2nsnc12.Cc1ccc(C)c2nsnc12. The molecule has 0 fully saturated rings. The number of fused-ring (bicyclic) bond motifs is 2. The Balaban J connectivity index is 0.000000143. The second kappa shape index (κ2) is 6.45. The number of hydrogen-bond donors (Lipinski definition) is 0. The van der Waals surface area contributed by atoms with Crippen LogP contribution in [0.25, 0.3) is 22.1 Å². The van der Waals surface area contributed by atoms with Crippen molar-refractivity contribution in [3.05, 3.63) is 46.0 Å². The molecule has 0 radical (unpaired) electrons. The molecular formula is C16H14F2N4S2. The van der Waals surface area contributed by atoms with Crippen LogP contribution in [0.15, 0.2) is 12.1 Å². The molecule has 2 aromatic heterocycles. The van der Waals surface area contributed by atoms with Crippen molar-refractivity contribution in [3.8, 4) is 0 Å². The lowest BCUT2D eigenvalue weighted by Gasteiger charge is -2.01. The molecule has 4 nitrogen and oxygen atoms in total. The third kappa shape index (κ3) is 2.76. The Morgan fingerprint density at radius 3 is 1.33 bits per heavy atom. The maximum atomic E-state index is 13.2. The van der Waals surface area contributed by atoms with Gasteiger partial charge in [0, 0.05) is 11.1 Å². The van der Waals surface area contributed by atoms with Gasteiger partial charge in [0.25, 0.3) is 0 Å². The molecule has 0 aliphatic rings. The van der Waals surface area contributed by atoms with Crippen molar-refractivity contribution in [2.75, 3.05) is 0 Å². The highest BCUT2D eigenvalue weighted by atomic mass is 32.1. The van der Waals surface area contributed by atoms with Crippen LogP contribution >= 0.6 is 23.5 Å². The van der Waals surface area contributed by atoms with Gasteiger partial charge in [-0.25, -0.2) is 8.78 Å². The fraction of sp³-hybridized carbons (Fsp3) is 0.250. The standard InChI is InChI=1S/C8H6F2N2S.C8H8N2S/c1-3-5(9)6(10)4(2)8-7(3)11-13-12-8;1-5-3-4-6(2)8-7(5)9-11-10-8/h1-2H3;3-4H,1-2H3. The van der Waals surface area contributed by atoms with E-state index in [9.17, 15) is 8.78 Å². The third-order valence-electron chi connectivity index (χ3n) is 3.87. The molecule has 0 aliphatic carbocycles. The average Bonchev–Trinajstić information content (AvgIpc) is 3.24. The normalized spacial score (nSPS) is 10.9. The molecule has 0 spiro atoms. The van der Waals surface area contributed by atoms with Gasteiger partial charge < -0.3 is 0 Å². The summed E-state index contributed by atoms with van der Waals surface area (Å²) >= 11 is 2.25. The highest BCUT2D eigenvalue weighted by Gasteiger charge is 2.17. The van der Waals surface area contributed by atoms with Gasteiger partial charge in [-0.1, -0.05) is 12.1 Å². The first-order chi connectivity index (χ1) is 11.4. The monoisotopic (exact) mass is 364 g/mol. The Morgan fingerprint density at radius 2 is 0.958 bits per heavy atom. The topological polar surface area (TPSA) is 51.6 Å². The zero-order chi connectivity index (χ0) is 17.4. The number of benzene rings is 2. The molecule has 0 amide bonds. The minimum absolute atomic E-state index is 0.229. The van der Waals surface area contributed by atoms with Crippen molar-refractivity contribution in [1.29, 1.82) is 0 Å². The summed E-state index contributed by atoms with van der Waals surface area (Å²) in [6, 6.07) is 4.16. The number of aromatic nitrogens is 4. The molecule has 0 atom stereocenters. The van der Waals surface area contributed by atoms with Crippen molar-refractivity contribution >= 4 is 45.5 Å². The van der Waals surface area contributed by atoms with Crippen molar-refractivity contribution < 1.29 is 8.78 Å². The molecule has 4 aromatic rings. The van der Waals surface area contributed by atoms with Crippen LogP contribution in [-0.2, 0) is 0 Å². The summed E-state index contributed by atoms with van der Waals surface area (Å²) in [7, 11) is 0. The molecule has 0 aliphatic heterocycles. The molecule has 0 saturated heterocycles. The maximum absolute atomic E-state index is 13.2. The Morgan fingerprint density at radius 1 is 0.625 bits per heavy atom. The van der Waals surface area contributed by atoms with Crippen molar-refractivity contribution in [2.24, 2.45) is 0 Å². The summed E-state index contributed by atoms with van der Waals surface area (Å²) in [5.41, 5.74) is 5.89. The van der Waals surface area contributed by atoms with Crippen LogP contribution in [-0.4, -0.2) is 17.5 Å². The molecular weight excluding hydrogens is 350 g/mol. The van der Waals surface area contributed by atoms with Crippen LogP contribution in [0.1, 0.15) is 22.3 Å². The Labute approximate surface area is 145 Å². The fourth-order valence-electron chi connectivity index (χ4n) is 2.33. The lowest BCUT2D eigenvalue weighted by Crippen LogP contribution is -1.95. The van der Waals surface area contributed by atoms with E-state index in [1.165, 1.54) is 36.7 Å². The second-order valence-electron chi connectivity index (χ2n) is 5.50. The Hall–Kier alpha value is -2.06. The molecule has 24 heavy (non-hydrogen) atoms. The molecule has 0 bridgehead atoms. The van der Waals surface area contributed by atoms with E-state index >= 15 is 0 Å². The molecule has 0 unspecified atom stereocenters. The van der Waals surface area contributed by atoms with Crippen molar-refractivity contribution in [1.82, 2.24) is 17.5 Å². The third-order valence-corrected chi connectivity index (χ3v) is 4.93. The van der Waals surface area contributed by atoms with E-state index < -0.39 is 11.6 Å². The van der Waals surface area contributed by atoms with Gasteiger partial charge in [0.05, 0.1) is 23.5 Å². The number of halogens is 2. The summed E-state index contributed by atoms with van der Waals surface area (Å²) in [4.78, 5) is 0. The number of nitrogens with zero attached hydrogens (tertiary/aromatic N) is 4. The van der Waals surface area contributed by atoms with E-state index in [-0.39, 0.29) is 11.1 Å². The van der Waals surface area contributed by atoms with Crippen molar-refractivity contribution in [3.63, 3.8) is 0 Å². The zero-order valence-corrected chi connectivity index (χ0v) is 15.1. The first-order valence-corrected chi connectivity index (χ1v) is 8.62. The lowest BCUT2D eigenvalue weighted by molar-refractivity contribution is 0.500. The van der Waals surface area contributed by atoms with E-state index in [1.807, 2.05) is 0 Å². The predicted molar refractivity (Wildman–Crippen MR) is 93.7 cm³/mol. The van der Waals surface area contributed by atoms with E-state index in [2.05, 4.69) is 43.5 Å². The van der Waals surface area contributed by atoms with E-state index in [4.69, 9.17) is 0 Å². The van der Waals surface area contributed by atoms with Gasteiger partial charge in [-0.15, -0.1) is 0 Å². The highest BCUT2D eigenvalue weighted by Crippen LogP contribution is 2.25. The van der Waals surface area contributed by atoms with Crippen LogP contribution < -0.4 is 0 Å².